The molecule has 0 aliphatic heterocycles. The average molecular weight is 288 g/mol. The van der Waals surface area contributed by atoms with Gasteiger partial charge in [0.1, 0.15) is 0 Å². The molecule has 20 heavy (non-hydrogen) atoms. The highest BCUT2D eigenvalue weighted by Crippen LogP contribution is 2.24. The maximum atomic E-state index is 11.9. The van der Waals surface area contributed by atoms with Gasteiger partial charge in [-0.3, -0.25) is 4.79 Å². The lowest BCUT2D eigenvalue weighted by atomic mass is 10.1. The molecule has 1 aromatic carbocycles. The summed E-state index contributed by atoms with van der Waals surface area (Å²) in [5, 5.41) is 10.5. The second-order valence-corrected chi connectivity index (χ2v) is 5.59. The molecule has 0 spiro atoms. The number of thiophene rings is 1. The van der Waals surface area contributed by atoms with E-state index in [2.05, 4.69) is 34.4 Å². The Morgan fingerprint density at radius 2 is 2.15 bits per heavy atom. The van der Waals surface area contributed by atoms with Gasteiger partial charge >= 0.3 is 0 Å². The van der Waals surface area contributed by atoms with Crippen LogP contribution in [-0.2, 0) is 0 Å². The fourth-order valence-corrected chi connectivity index (χ4v) is 2.77. The first kappa shape index (κ1) is 14.6. The van der Waals surface area contributed by atoms with E-state index in [1.165, 1.54) is 5.56 Å². The fourth-order valence-electron chi connectivity index (χ4n) is 2.02. The zero-order valence-corrected chi connectivity index (χ0v) is 12.9. The number of amides is 1. The lowest BCUT2D eigenvalue weighted by Crippen LogP contribution is -2.22. The lowest BCUT2D eigenvalue weighted by molar-refractivity contribution is 0.0956. The van der Waals surface area contributed by atoms with Crippen molar-refractivity contribution in [1.82, 2.24) is 5.32 Å². The van der Waals surface area contributed by atoms with E-state index in [0.717, 1.165) is 11.3 Å². The van der Waals surface area contributed by atoms with E-state index in [4.69, 9.17) is 0 Å². The molecule has 0 saturated carbocycles. The maximum Gasteiger partial charge on any atom is 0.251 e. The first-order valence-corrected chi connectivity index (χ1v) is 7.73. The molecular formula is C16H20N2OS. The molecule has 1 atom stereocenters. The number of rotatable bonds is 5. The fraction of sp³-hybridized carbons (Fsp3) is 0.312. The number of benzene rings is 1. The van der Waals surface area contributed by atoms with Crippen LogP contribution in [0.2, 0.25) is 0 Å². The van der Waals surface area contributed by atoms with Crippen LogP contribution in [0.4, 0.5) is 5.69 Å². The molecule has 1 amide bonds. The van der Waals surface area contributed by atoms with E-state index < -0.39 is 0 Å². The van der Waals surface area contributed by atoms with E-state index in [1.807, 2.05) is 32.0 Å². The van der Waals surface area contributed by atoms with Crippen LogP contribution in [-0.4, -0.2) is 12.5 Å². The minimum Gasteiger partial charge on any atom is -0.378 e. The largest absolute Gasteiger partial charge is 0.378 e. The highest BCUT2D eigenvalue weighted by molar-refractivity contribution is 7.07. The first-order valence-electron chi connectivity index (χ1n) is 6.79. The Morgan fingerprint density at radius 3 is 2.80 bits per heavy atom. The van der Waals surface area contributed by atoms with Gasteiger partial charge in [0.25, 0.3) is 5.91 Å². The smallest absolute Gasteiger partial charge is 0.251 e. The topological polar surface area (TPSA) is 41.1 Å². The number of carbonyl (C=O) groups is 1. The minimum absolute atomic E-state index is 0.0289. The van der Waals surface area contributed by atoms with Gasteiger partial charge in [-0.2, -0.15) is 11.3 Å². The number of hydrogen-bond donors (Lipinski definition) is 2. The van der Waals surface area contributed by atoms with Gasteiger partial charge in [-0.15, -0.1) is 0 Å². The van der Waals surface area contributed by atoms with Crippen molar-refractivity contribution in [2.24, 2.45) is 0 Å². The quantitative estimate of drug-likeness (QED) is 0.873. The van der Waals surface area contributed by atoms with Crippen molar-refractivity contribution >= 4 is 22.9 Å². The molecule has 106 valence electrons. The average Bonchev–Trinajstić information content (AvgIpc) is 2.95. The van der Waals surface area contributed by atoms with E-state index >= 15 is 0 Å². The zero-order chi connectivity index (χ0) is 14.5. The number of carbonyl (C=O) groups excluding carboxylic acids is 1. The van der Waals surface area contributed by atoms with Crippen molar-refractivity contribution in [3.63, 3.8) is 0 Å². The molecule has 0 radical (unpaired) electrons. The summed E-state index contributed by atoms with van der Waals surface area (Å²) in [6, 6.07) is 8.10. The second kappa shape index (κ2) is 6.57. The van der Waals surface area contributed by atoms with Gasteiger partial charge < -0.3 is 10.6 Å². The molecule has 2 N–H and O–H groups in total. The molecule has 0 aliphatic rings. The third-order valence-corrected chi connectivity index (χ3v) is 3.95. The molecule has 2 aromatic rings. The third kappa shape index (κ3) is 3.39. The summed E-state index contributed by atoms with van der Waals surface area (Å²) in [7, 11) is 0. The molecule has 1 heterocycles. The van der Waals surface area contributed by atoms with E-state index in [-0.39, 0.29) is 11.9 Å². The van der Waals surface area contributed by atoms with Crippen LogP contribution in [0.25, 0.3) is 0 Å². The van der Waals surface area contributed by atoms with Crippen molar-refractivity contribution < 1.29 is 4.79 Å². The summed E-state index contributed by atoms with van der Waals surface area (Å²) in [5.74, 6) is -0.0289. The lowest BCUT2D eigenvalue weighted by Gasteiger charge is -2.17. The van der Waals surface area contributed by atoms with Crippen molar-refractivity contribution in [3.05, 3.63) is 51.7 Å². The number of anilines is 1. The van der Waals surface area contributed by atoms with E-state index in [9.17, 15) is 4.79 Å². The molecule has 1 aromatic heterocycles. The van der Waals surface area contributed by atoms with Crippen LogP contribution in [0.3, 0.4) is 0 Å². The molecule has 0 saturated heterocycles. The highest BCUT2D eigenvalue weighted by Gasteiger charge is 2.10. The van der Waals surface area contributed by atoms with Crippen LogP contribution in [0, 0.1) is 6.92 Å². The normalized spacial score (nSPS) is 11.9. The molecule has 4 heteroatoms. The minimum atomic E-state index is -0.0289. The molecule has 2 rings (SSSR count). The van der Waals surface area contributed by atoms with Crippen LogP contribution >= 0.6 is 11.3 Å². The SMILES string of the molecule is CCNC(=O)c1ccc(C)c(NC(C)c2ccsc2)c1. The van der Waals surface area contributed by atoms with Crippen molar-refractivity contribution in [1.29, 1.82) is 0 Å². The highest BCUT2D eigenvalue weighted by atomic mass is 32.1. The summed E-state index contributed by atoms with van der Waals surface area (Å²) in [6.45, 7) is 6.73. The van der Waals surface area contributed by atoms with Gasteiger partial charge in [-0.05, 0) is 60.9 Å². The molecule has 1 unspecified atom stereocenters. The number of aryl methyl sites for hydroxylation is 1. The van der Waals surface area contributed by atoms with E-state index in [1.54, 1.807) is 11.3 Å². The Balaban J connectivity index is 2.18. The monoisotopic (exact) mass is 288 g/mol. The maximum absolute atomic E-state index is 11.9. The molecule has 0 bridgehead atoms. The van der Waals surface area contributed by atoms with Gasteiger partial charge in [0.05, 0.1) is 0 Å². The molecular weight excluding hydrogens is 268 g/mol. The zero-order valence-electron chi connectivity index (χ0n) is 12.1. The van der Waals surface area contributed by atoms with Gasteiger partial charge in [-0.1, -0.05) is 6.07 Å². The van der Waals surface area contributed by atoms with Crippen LogP contribution in [0.15, 0.2) is 35.0 Å². The Morgan fingerprint density at radius 1 is 1.35 bits per heavy atom. The van der Waals surface area contributed by atoms with Crippen LogP contribution in [0.1, 0.15) is 41.4 Å². The Kier molecular flexibility index (Phi) is 4.79. The number of nitrogens with one attached hydrogen (secondary N) is 2. The van der Waals surface area contributed by atoms with Gasteiger partial charge in [0, 0.05) is 23.8 Å². The Labute approximate surface area is 124 Å². The molecule has 0 aliphatic carbocycles. The van der Waals surface area contributed by atoms with Crippen LogP contribution < -0.4 is 10.6 Å². The third-order valence-electron chi connectivity index (χ3n) is 3.25. The second-order valence-electron chi connectivity index (χ2n) is 4.81. The molecule has 3 nitrogen and oxygen atoms in total. The summed E-state index contributed by atoms with van der Waals surface area (Å²) in [5.41, 5.74) is 4.10. The summed E-state index contributed by atoms with van der Waals surface area (Å²) in [4.78, 5) is 11.9. The summed E-state index contributed by atoms with van der Waals surface area (Å²) < 4.78 is 0. The van der Waals surface area contributed by atoms with Crippen molar-refractivity contribution in [3.8, 4) is 0 Å². The Hall–Kier alpha value is -1.81. The number of hydrogen-bond acceptors (Lipinski definition) is 3. The predicted molar refractivity (Wildman–Crippen MR) is 85.5 cm³/mol. The Bertz CT molecular complexity index is 578. The van der Waals surface area contributed by atoms with Gasteiger partial charge in [-0.25, -0.2) is 0 Å². The predicted octanol–water partition coefficient (Wildman–Crippen LogP) is 3.98. The first-order chi connectivity index (χ1) is 9.61. The van der Waals surface area contributed by atoms with Gasteiger partial charge in [0.15, 0.2) is 0 Å². The standard InChI is InChI=1S/C16H20N2OS/c1-4-17-16(19)13-6-5-11(2)15(9-13)18-12(3)14-7-8-20-10-14/h5-10,12,18H,4H2,1-3H3,(H,17,19). The summed E-state index contributed by atoms with van der Waals surface area (Å²) in [6.07, 6.45) is 0. The van der Waals surface area contributed by atoms with Crippen molar-refractivity contribution in [2.45, 2.75) is 26.8 Å². The molecule has 0 fully saturated rings. The van der Waals surface area contributed by atoms with Crippen LogP contribution in [0.5, 0.6) is 0 Å². The summed E-state index contributed by atoms with van der Waals surface area (Å²) >= 11 is 1.69. The van der Waals surface area contributed by atoms with Gasteiger partial charge in [0.2, 0.25) is 0 Å². The van der Waals surface area contributed by atoms with Crippen molar-refractivity contribution in [2.75, 3.05) is 11.9 Å². The van der Waals surface area contributed by atoms with E-state index in [0.29, 0.717) is 12.1 Å².